The average molecular weight is 530 g/mol. The van der Waals surface area contributed by atoms with Crippen molar-refractivity contribution in [3.05, 3.63) is 105 Å². The molecule has 0 radical (unpaired) electrons. The SMILES string of the molecule is CCC[C@H](OC=O)N1C(=O)[C@H](Cc2ccc(F)cc2)O[C@@H](c2ccc(Cl)cc2)[C@H]1c1ccc(Cl)cc1. The normalized spacial score (nSPS) is 20.7. The second-order valence-electron chi connectivity index (χ2n) is 8.64. The molecule has 3 aromatic carbocycles. The van der Waals surface area contributed by atoms with Gasteiger partial charge in [-0.3, -0.25) is 14.5 Å². The van der Waals surface area contributed by atoms with Crippen LogP contribution in [-0.4, -0.2) is 29.6 Å². The van der Waals surface area contributed by atoms with E-state index < -0.39 is 24.5 Å². The second-order valence-corrected chi connectivity index (χ2v) is 9.52. The van der Waals surface area contributed by atoms with Crippen molar-refractivity contribution in [2.24, 2.45) is 0 Å². The first-order valence-electron chi connectivity index (χ1n) is 11.7. The Balaban J connectivity index is 1.82. The van der Waals surface area contributed by atoms with Crippen molar-refractivity contribution in [2.75, 3.05) is 0 Å². The molecule has 188 valence electrons. The molecule has 4 atom stereocenters. The molecule has 1 aliphatic rings. The van der Waals surface area contributed by atoms with Crippen molar-refractivity contribution in [3.63, 3.8) is 0 Å². The van der Waals surface area contributed by atoms with Gasteiger partial charge in [-0.2, -0.15) is 0 Å². The van der Waals surface area contributed by atoms with Gasteiger partial charge in [-0.15, -0.1) is 0 Å². The lowest BCUT2D eigenvalue weighted by atomic mass is 9.90. The molecule has 0 bridgehead atoms. The number of nitrogens with zero attached hydrogens (tertiary/aromatic N) is 1. The number of halogens is 3. The Hall–Kier alpha value is -2.93. The van der Waals surface area contributed by atoms with Gasteiger partial charge >= 0.3 is 0 Å². The molecule has 4 rings (SSSR count). The number of morpholine rings is 1. The van der Waals surface area contributed by atoms with E-state index in [2.05, 4.69) is 0 Å². The van der Waals surface area contributed by atoms with E-state index in [9.17, 15) is 14.0 Å². The van der Waals surface area contributed by atoms with E-state index in [1.165, 1.54) is 12.1 Å². The van der Waals surface area contributed by atoms with Crippen LogP contribution < -0.4 is 0 Å². The highest BCUT2D eigenvalue weighted by Gasteiger charge is 2.47. The fourth-order valence-corrected chi connectivity index (χ4v) is 4.79. The summed E-state index contributed by atoms with van der Waals surface area (Å²) in [6, 6.07) is 19.8. The van der Waals surface area contributed by atoms with Gasteiger partial charge in [-0.25, -0.2) is 4.39 Å². The Bertz CT molecular complexity index is 1170. The largest absolute Gasteiger partial charge is 0.444 e. The van der Waals surface area contributed by atoms with Crippen LogP contribution in [0.2, 0.25) is 10.0 Å². The number of amides is 1. The summed E-state index contributed by atoms with van der Waals surface area (Å²) in [5, 5.41) is 1.13. The highest BCUT2D eigenvalue weighted by atomic mass is 35.5. The summed E-state index contributed by atoms with van der Waals surface area (Å²) in [5.74, 6) is -0.676. The quantitative estimate of drug-likeness (QED) is 0.290. The lowest BCUT2D eigenvalue weighted by Gasteiger charge is -2.47. The maximum Gasteiger partial charge on any atom is 0.295 e. The van der Waals surface area contributed by atoms with E-state index in [0.717, 1.165) is 16.7 Å². The molecular formula is C28H26Cl2FNO4. The summed E-state index contributed by atoms with van der Waals surface area (Å²) < 4.78 is 25.4. The van der Waals surface area contributed by atoms with Crippen molar-refractivity contribution < 1.29 is 23.5 Å². The van der Waals surface area contributed by atoms with Crippen molar-refractivity contribution in [1.29, 1.82) is 0 Å². The van der Waals surface area contributed by atoms with Crippen LogP contribution in [-0.2, 0) is 25.5 Å². The molecule has 0 saturated carbocycles. The molecule has 1 saturated heterocycles. The van der Waals surface area contributed by atoms with E-state index in [0.29, 0.717) is 29.4 Å². The smallest absolute Gasteiger partial charge is 0.295 e. The third kappa shape index (κ3) is 5.89. The molecule has 0 spiro atoms. The van der Waals surface area contributed by atoms with Crippen molar-refractivity contribution >= 4 is 35.6 Å². The van der Waals surface area contributed by atoms with Gasteiger partial charge in [0.1, 0.15) is 18.0 Å². The average Bonchev–Trinajstić information content (AvgIpc) is 2.87. The number of benzene rings is 3. The topological polar surface area (TPSA) is 55.8 Å². The minimum atomic E-state index is -0.880. The van der Waals surface area contributed by atoms with Gasteiger partial charge in [0.25, 0.3) is 12.4 Å². The summed E-state index contributed by atoms with van der Waals surface area (Å²) in [4.78, 5) is 27.0. The Morgan fingerprint density at radius 2 is 1.56 bits per heavy atom. The number of hydrogen-bond acceptors (Lipinski definition) is 4. The highest BCUT2D eigenvalue weighted by Crippen LogP contribution is 2.44. The first kappa shape index (κ1) is 26.1. The molecule has 1 fully saturated rings. The first-order valence-corrected chi connectivity index (χ1v) is 12.5. The molecule has 0 aromatic heterocycles. The molecular weight excluding hydrogens is 504 g/mol. The van der Waals surface area contributed by atoms with E-state index in [-0.39, 0.29) is 18.1 Å². The molecule has 36 heavy (non-hydrogen) atoms. The zero-order valence-electron chi connectivity index (χ0n) is 19.7. The number of hydrogen-bond donors (Lipinski definition) is 0. The van der Waals surface area contributed by atoms with Gasteiger partial charge < -0.3 is 9.47 Å². The van der Waals surface area contributed by atoms with Crippen molar-refractivity contribution in [2.45, 2.75) is 50.7 Å². The predicted octanol–water partition coefficient (Wildman–Crippen LogP) is 6.68. The molecule has 1 amide bonds. The molecule has 0 N–H and O–H groups in total. The van der Waals surface area contributed by atoms with Crippen LogP contribution in [0.4, 0.5) is 4.39 Å². The first-order chi connectivity index (χ1) is 17.4. The standard InChI is InChI=1S/C28H26Cl2FNO4/c1-2-3-25(35-17-33)32-26(19-6-10-21(29)11-7-19)27(20-8-12-22(30)13-9-20)36-24(28(32)34)16-18-4-14-23(31)15-5-18/h4-15,17,24-27H,2-3,16H2,1H3/t24-,25-,26+,27-/m0/s1. The fourth-order valence-electron chi connectivity index (χ4n) is 4.54. The molecule has 8 heteroatoms. The highest BCUT2D eigenvalue weighted by molar-refractivity contribution is 6.30. The van der Waals surface area contributed by atoms with Crippen LogP contribution in [0, 0.1) is 5.82 Å². The van der Waals surface area contributed by atoms with Gasteiger partial charge in [0.05, 0.1) is 6.04 Å². The zero-order valence-corrected chi connectivity index (χ0v) is 21.2. The Morgan fingerprint density at radius 1 is 0.972 bits per heavy atom. The summed E-state index contributed by atoms with van der Waals surface area (Å²) in [6.07, 6.45) is -0.909. The maximum atomic E-state index is 14.0. The number of carbonyl (C=O) groups is 2. The summed E-state index contributed by atoms with van der Waals surface area (Å²) in [6.45, 7) is 2.32. The van der Waals surface area contributed by atoms with Crippen LogP contribution in [0.1, 0.15) is 48.6 Å². The Morgan fingerprint density at radius 3 is 2.11 bits per heavy atom. The van der Waals surface area contributed by atoms with Crippen molar-refractivity contribution in [3.8, 4) is 0 Å². The van der Waals surface area contributed by atoms with Gasteiger partial charge in [-0.05, 0) is 53.1 Å². The lowest BCUT2D eigenvalue weighted by Crippen LogP contribution is -2.56. The minimum Gasteiger partial charge on any atom is -0.444 e. The number of carbonyl (C=O) groups excluding carboxylic acids is 2. The Labute approximate surface area is 219 Å². The molecule has 1 heterocycles. The van der Waals surface area contributed by atoms with Crippen LogP contribution >= 0.6 is 23.2 Å². The van der Waals surface area contributed by atoms with Crippen LogP contribution in [0.5, 0.6) is 0 Å². The van der Waals surface area contributed by atoms with E-state index in [4.69, 9.17) is 32.7 Å². The van der Waals surface area contributed by atoms with Gasteiger partial charge in [-0.1, -0.05) is 72.9 Å². The van der Waals surface area contributed by atoms with Crippen LogP contribution in [0.3, 0.4) is 0 Å². The van der Waals surface area contributed by atoms with E-state index >= 15 is 0 Å². The van der Waals surface area contributed by atoms with Crippen molar-refractivity contribution in [1.82, 2.24) is 4.90 Å². The second kappa shape index (κ2) is 11.9. The van der Waals surface area contributed by atoms with E-state index in [1.807, 2.05) is 31.2 Å². The molecule has 0 unspecified atom stereocenters. The zero-order chi connectivity index (χ0) is 25.7. The molecule has 5 nitrogen and oxygen atoms in total. The fraction of sp³-hybridized carbons (Fsp3) is 0.286. The summed E-state index contributed by atoms with van der Waals surface area (Å²) in [7, 11) is 0. The monoisotopic (exact) mass is 529 g/mol. The Kier molecular flexibility index (Phi) is 8.62. The number of rotatable bonds is 9. The summed E-state index contributed by atoms with van der Waals surface area (Å²) in [5.41, 5.74) is 2.34. The molecule has 0 aliphatic carbocycles. The maximum absolute atomic E-state index is 14.0. The third-order valence-corrected chi connectivity index (χ3v) is 6.73. The van der Waals surface area contributed by atoms with Gasteiger partial charge in [0.2, 0.25) is 0 Å². The minimum absolute atomic E-state index is 0.229. The van der Waals surface area contributed by atoms with Crippen LogP contribution in [0.25, 0.3) is 0 Å². The molecule has 1 aliphatic heterocycles. The predicted molar refractivity (Wildman–Crippen MR) is 136 cm³/mol. The molecule has 3 aromatic rings. The van der Waals surface area contributed by atoms with Crippen LogP contribution in [0.15, 0.2) is 72.8 Å². The third-order valence-electron chi connectivity index (χ3n) is 6.23. The number of ether oxygens (including phenoxy) is 2. The van der Waals surface area contributed by atoms with E-state index in [1.54, 1.807) is 41.3 Å². The van der Waals surface area contributed by atoms with Gasteiger partial charge in [0, 0.05) is 22.9 Å². The summed E-state index contributed by atoms with van der Waals surface area (Å²) >= 11 is 12.3. The van der Waals surface area contributed by atoms with Gasteiger partial charge in [0.15, 0.2) is 6.23 Å². The lowest BCUT2D eigenvalue weighted by molar-refractivity contribution is -0.198.